The van der Waals surface area contributed by atoms with Gasteiger partial charge in [0.25, 0.3) is 5.91 Å². The number of hydrogen-bond donors (Lipinski definition) is 2. The second-order valence-corrected chi connectivity index (χ2v) is 6.75. The van der Waals surface area contributed by atoms with Crippen LogP contribution >= 0.6 is 23.7 Å². The molecule has 1 aliphatic rings. The van der Waals surface area contributed by atoms with Crippen molar-refractivity contribution in [2.45, 2.75) is 19.3 Å². The lowest BCUT2D eigenvalue weighted by Gasteiger charge is -2.22. The van der Waals surface area contributed by atoms with Gasteiger partial charge in [0.15, 0.2) is 0 Å². The first-order chi connectivity index (χ1) is 11.6. The van der Waals surface area contributed by atoms with Crippen LogP contribution in [0.1, 0.15) is 29.8 Å². The van der Waals surface area contributed by atoms with Crippen molar-refractivity contribution < 1.29 is 13.6 Å². The lowest BCUT2D eigenvalue weighted by Crippen LogP contribution is -2.33. The third kappa shape index (κ3) is 4.96. The topological polar surface area (TPSA) is 54.0 Å². The summed E-state index contributed by atoms with van der Waals surface area (Å²) in [6, 6.07) is 3.66. The number of carbonyl (C=O) groups excluding carboxylic acids is 1. The van der Waals surface area contributed by atoms with Gasteiger partial charge in [-0.2, -0.15) is 0 Å². The van der Waals surface area contributed by atoms with Crippen LogP contribution in [0.4, 0.5) is 8.78 Å². The van der Waals surface area contributed by atoms with Crippen LogP contribution in [-0.2, 0) is 0 Å². The zero-order chi connectivity index (χ0) is 16.9. The molecule has 0 radical (unpaired) electrons. The predicted molar refractivity (Wildman–Crippen MR) is 97.3 cm³/mol. The van der Waals surface area contributed by atoms with E-state index in [1.165, 1.54) is 36.4 Å². The van der Waals surface area contributed by atoms with Crippen LogP contribution in [0.25, 0.3) is 10.6 Å². The lowest BCUT2D eigenvalue weighted by molar-refractivity contribution is 0.0946. The number of rotatable bonds is 5. The maximum atomic E-state index is 13.8. The average Bonchev–Trinajstić information content (AvgIpc) is 3.05. The minimum absolute atomic E-state index is 0. The van der Waals surface area contributed by atoms with Crippen molar-refractivity contribution in [3.8, 4) is 10.6 Å². The Morgan fingerprint density at radius 3 is 2.80 bits per heavy atom. The second kappa shape index (κ2) is 9.22. The van der Waals surface area contributed by atoms with E-state index in [-0.39, 0.29) is 34.6 Å². The molecule has 1 saturated heterocycles. The molecule has 0 bridgehead atoms. The summed E-state index contributed by atoms with van der Waals surface area (Å²) in [5.41, 5.74) is 0.00857. The predicted octanol–water partition coefficient (Wildman–Crippen LogP) is 3.63. The Bertz CT molecular complexity index is 699. The van der Waals surface area contributed by atoms with Gasteiger partial charge in [-0.3, -0.25) is 4.79 Å². The average molecular weight is 388 g/mol. The molecule has 1 unspecified atom stereocenters. The second-order valence-electron chi connectivity index (χ2n) is 5.89. The molecule has 4 nitrogen and oxygen atoms in total. The summed E-state index contributed by atoms with van der Waals surface area (Å²) >= 11 is 1.06. The third-order valence-electron chi connectivity index (χ3n) is 4.15. The van der Waals surface area contributed by atoms with Crippen molar-refractivity contribution in [2.75, 3.05) is 19.6 Å². The van der Waals surface area contributed by atoms with Gasteiger partial charge in [0.05, 0.1) is 5.56 Å². The van der Waals surface area contributed by atoms with Gasteiger partial charge in [-0.15, -0.1) is 23.7 Å². The van der Waals surface area contributed by atoms with E-state index >= 15 is 0 Å². The third-order valence-corrected chi connectivity index (χ3v) is 5.01. The minimum atomic E-state index is -0.680. The van der Waals surface area contributed by atoms with Gasteiger partial charge in [0.1, 0.15) is 22.3 Å². The molecule has 1 amide bonds. The number of hydrogen-bond acceptors (Lipinski definition) is 4. The fourth-order valence-electron chi connectivity index (χ4n) is 2.85. The normalized spacial score (nSPS) is 17.0. The van der Waals surface area contributed by atoms with Crippen LogP contribution in [0.2, 0.25) is 0 Å². The van der Waals surface area contributed by atoms with Crippen molar-refractivity contribution >= 4 is 29.7 Å². The first kappa shape index (κ1) is 19.8. The SMILES string of the molecule is Cl.O=C(NCCC1CCCNC1)c1csc(-c2c(F)cccc2F)n1. The Balaban J connectivity index is 0.00000225. The largest absolute Gasteiger partial charge is 0.351 e. The summed E-state index contributed by atoms with van der Waals surface area (Å²) in [4.78, 5) is 16.2. The molecule has 3 rings (SSSR count). The van der Waals surface area contributed by atoms with Gasteiger partial charge in [-0.25, -0.2) is 13.8 Å². The number of nitrogens with one attached hydrogen (secondary N) is 2. The number of amides is 1. The summed E-state index contributed by atoms with van der Waals surface area (Å²) in [5, 5.41) is 7.87. The van der Waals surface area contributed by atoms with Crippen LogP contribution in [0, 0.1) is 17.6 Å². The zero-order valence-corrected chi connectivity index (χ0v) is 15.2. The van der Waals surface area contributed by atoms with E-state index in [0.29, 0.717) is 12.5 Å². The number of carbonyl (C=O) groups is 1. The molecule has 0 aliphatic carbocycles. The fraction of sp³-hybridized carbons (Fsp3) is 0.412. The van der Waals surface area contributed by atoms with Crippen LogP contribution in [0.5, 0.6) is 0 Å². The number of aromatic nitrogens is 1. The molecule has 1 fully saturated rings. The first-order valence-electron chi connectivity index (χ1n) is 8.04. The highest BCUT2D eigenvalue weighted by atomic mass is 35.5. The first-order valence-corrected chi connectivity index (χ1v) is 8.92. The molecule has 2 heterocycles. The van der Waals surface area contributed by atoms with Gasteiger partial charge in [-0.1, -0.05) is 6.07 Å². The van der Waals surface area contributed by atoms with E-state index in [0.717, 1.165) is 30.8 Å². The maximum Gasteiger partial charge on any atom is 0.270 e. The Hall–Kier alpha value is -1.57. The van der Waals surface area contributed by atoms with Crippen LogP contribution < -0.4 is 10.6 Å². The Morgan fingerprint density at radius 1 is 1.36 bits per heavy atom. The quantitative estimate of drug-likeness (QED) is 0.823. The molecule has 1 atom stereocenters. The standard InChI is InChI=1S/C17H19F2N3OS.ClH/c18-12-4-1-5-13(19)15(12)17-22-14(10-24-17)16(23)21-8-6-11-3-2-7-20-9-11;/h1,4-5,10-11,20H,2-3,6-9H2,(H,21,23);1H. The van der Waals surface area contributed by atoms with E-state index in [4.69, 9.17) is 0 Å². The van der Waals surface area contributed by atoms with Crippen molar-refractivity contribution in [1.82, 2.24) is 15.6 Å². The van der Waals surface area contributed by atoms with Gasteiger partial charge in [0.2, 0.25) is 0 Å². The zero-order valence-electron chi connectivity index (χ0n) is 13.6. The molecule has 136 valence electrons. The van der Waals surface area contributed by atoms with E-state index in [1.54, 1.807) is 0 Å². The minimum Gasteiger partial charge on any atom is -0.351 e. The number of benzene rings is 1. The molecule has 1 aromatic heterocycles. The van der Waals surface area contributed by atoms with Crippen molar-refractivity contribution in [3.63, 3.8) is 0 Å². The van der Waals surface area contributed by atoms with Gasteiger partial charge >= 0.3 is 0 Å². The molecule has 0 saturated carbocycles. The highest BCUT2D eigenvalue weighted by Gasteiger charge is 2.18. The molecule has 25 heavy (non-hydrogen) atoms. The highest BCUT2D eigenvalue weighted by Crippen LogP contribution is 2.28. The molecular formula is C17H20ClF2N3OS. The van der Waals surface area contributed by atoms with Gasteiger partial charge in [0, 0.05) is 11.9 Å². The molecule has 1 aromatic carbocycles. The molecular weight excluding hydrogens is 368 g/mol. The summed E-state index contributed by atoms with van der Waals surface area (Å²) in [7, 11) is 0. The maximum absolute atomic E-state index is 13.8. The van der Waals surface area contributed by atoms with Crippen LogP contribution in [0.15, 0.2) is 23.6 Å². The van der Waals surface area contributed by atoms with E-state index in [1.807, 2.05) is 0 Å². The van der Waals surface area contributed by atoms with E-state index in [2.05, 4.69) is 15.6 Å². The molecule has 1 aliphatic heterocycles. The number of nitrogens with zero attached hydrogens (tertiary/aromatic N) is 1. The fourth-order valence-corrected chi connectivity index (χ4v) is 3.69. The Kier molecular flexibility index (Phi) is 7.28. The van der Waals surface area contributed by atoms with Crippen molar-refractivity contribution in [1.29, 1.82) is 0 Å². The van der Waals surface area contributed by atoms with E-state index < -0.39 is 11.6 Å². The van der Waals surface area contributed by atoms with Crippen LogP contribution in [0.3, 0.4) is 0 Å². The number of piperidine rings is 1. The lowest BCUT2D eigenvalue weighted by atomic mass is 9.96. The monoisotopic (exact) mass is 387 g/mol. The molecule has 2 N–H and O–H groups in total. The molecule has 0 spiro atoms. The van der Waals surface area contributed by atoms with Gasteiger partial charge in [-0.05, 0) is 50.4 Å². The summed E-state index contributed by atoms with van der Waals surface area (Å²) in [6.07, 6.45) is 3.26. The summed E-state index contributed by atoms with van der Waals surface area (Å²) in [5.74, 6) is -1.09. The highest BCUT2D eigenvalue weighted by molar-refractivity contribution is 7.13. The van der Waals surface area contributed by atoms with E-state index in [9.17, 15) is 13.6 Å². The number of thiazole rings is 1. The molecule has 2 aromatic rings. The van der Waals surface area contributed by atoms with Crippen LogP contribution in [-0.4, -0.2) is 30.5 Å². The van der Waals surface area contributed by atoms with Crippen molar-refractivity contribution in [2.24, 2.45) is 5.92 Å². The number of halogens is 3. The van der Waals surface area contributed by atoms with Gasteiger partial charge < -0.3 is 10.6 Å². The smallest absolute Gasteiger partial charge is 0.270 e. The Morgan fingerprint density at radius 2 is 2.12 bits per heavy atom. The molecule has 8 heteroatoms. The van der Waals surface area contributed by atoms with Crippen molar-refractivity contribution in [3.05, 3.63) is 40.9 Å². The Labute approximate surface area is 155 Å². The summed E-state index contributed by atoms with van der Waals surface area (Å²) in [6.45, 7) is 2.63. The summed E-state index contributed by atoms with van der Waals surface area (Å²) < 4.78 is 27.6.